The minimum Gasteiger partial charge on any atom is -0.481 e. The van der Waals surface area contributed by atoms with Crippen molar-refractivity contribution in [1.82, 2.24) is 0 Å². The van der Waals surface area contributed by atoms with Crippen LogP contribution >= 0.6 is 23.2 Å². The van der Waals surface area contributed by atoms with Crippen molar-refractivity contribution in [2.24, 2.45) is 0 Å². The fraction of sp³-hybridized carbons (Fsp3) is 0.208. The van der Waals surface area contributed by atoms with E-state index < -0.39 is 0 Å². The molecule has 0 aliphatic carbocycles. The molecular formula is C24H24Cl2N2O2. The molecule has 3 aromatic carbocycles. The van der Waals surface area contributed by atoms with E-state index in [0.29, 0.717) is 28.0 Å². The molecule has 0 aliphatic heterocycles. The number of hydrogen-bond donors (Lipinski definition) is 2. The van der Waals surface area contributed by atoms with E-state index in [1.807, 2.05) is 31.2 Å². The van der Waals surface area contributed by atoms with E-state index in [1.54, 1.807) is 12.1 Å². The average molecular weight is 443 g/mol. The van der Waals surface area contributed by atoms with Crippen molar-refractivity contribution in [1.29, 1.82) is 0 Å². The molecule has 0 radical (unpaired) electrons. The molecule has 3 aromatic rings. The first-order valence-electron chi connectivity index (χ1n) is 9.60. The fourth-order valence-corrected chi connectivity index (χ4v) is 3.67. The molecular weight excluding hydrogens is 419 g/mol. The second kappa shape index (κ2) is 9.88. The normalized spacial score (nSPS) is 10.6. The Morgan fingerprint density at radius 1 is 0.933 bits per heavy atom. The quantitative estimate of drug-likeness (QED) is 0.436. The number of amides is 1. The van der Waals surface area contributed by atoms with Crippen LogP contribution in [-0.4, -0.2) is 12.5 Å². The van der Waals surface area contributed by atoms with E-state index in [0.717, 1.165) is 22.4 Å². The molecule has 6 heteroatoms. The van der Waals surface area contributed by atoms with Gasteiger partial charge in [-0.2, -0.15) is 0 Å². The zero-order valence-electron chi connectivity index (χ0n) is 17.2. The Labute approximate surface area is 187 Å². The summed E-state index contributed by atoms with van der Waals surface area (Å²) in [5.41, 5.74) is 6.11. The Morgan fingerprint density at radius 2 is 1.63 bits per heavy atom. The monoisotopic (exact) mass is 442 g/mol. The van der Waals surface area contributed by atoms with Crippen LogP contribution in [0.4, 0.5) is 11.4 Å². The van der Waals surface area contributed by atoms with Crippen molar-refractivity contribution in [3.05, 3.63) is 86.9 Å². The van der Waals surface area contributed by atoms with Crippen LogP contribution in [0.15, 0.2) is 54.6 Å². The molecule has 0 unspecified atom stereocenters. The van der Waals surface area contributed by atoms with E-state index in [2.05, 4.69) is 42.7 Å². The summed E-state index contributed by atoms with van der Waals surface area (Å²) >= 11 is 12.7. The topological polar surface area (TPSA) is 50.4 Å². The van der Waals surface area contributed by atoms with Crippen LogP contribution in [0, 0.1) is 20.8 Å². The van der Waals surface area contributed by atoms with E-state index in [4.69, 9.17) is 27.9 Å². The third-order valence-electron chi connectivity index (χ3n) is 4.58. The van der Waals surface area contributed by atoms with E-state index in [9.17, 15) is 4.79 Å². The average Bonchev–Trinajstić information content (AvgIpc) is 2.68. The van der Waals surface area contributed by atoms with Crippen molar-refractivity contribution < 1.29 is 9.53 Å². The van der Waals surface area contributed by atoms with Gasteiger partial charge in [-0.25, -0.2) is 0 Å². The smallest absolute Gasteiger partial charge is 0.262 e. The summed E-state index contributed by atoms with van der Waals surface area (Å²) in [6.07, 6.45) is 0. The molecule has 30 heavy (non-hydrogen) atoms. The number of nitrogens with one attached hydrogen (secondary N) is 2. The molecule has 0 aliphatic rings. The third-order valence-corrected chi connectivity index (χ3v) is 5.15. The number of aryl methyl sites for hydroxylation is 3. The number of carbonyl (C=O) groups excluding carboxylic acids is 1. The summed E-state index contributed by atoms with van der Waals surface area (Å²) in [6, 6.07) is 17.4. The van der Waals surface area contributed by atoms with Gasteiger partial charge in [-0.05, 0) is 73.4 Å². The van der Waals surface area contributed by atoms with Gasteiger partial charge in [-0.3, -0.25) is 4.79 Å². The van der Waals surface area contributed by atoms with Crippen LogP contribution in [0.2, 0.25) is 10.0 Å². The lowest BCUT2D eigenvalue weighted by molar-refractivity contribution is -0.118. The second-order valence-corrected chi connectivity index (χ2v) is 8.08. The van der Waals surface area contributed by atoms with Gasteiger partial charge in [-0.15, -0.1) is 0 Å². The standard InChI is InChI=1S/C24H24Cl2N2O2/c1-15-5-4-6-19(9-15)28-23(29)14-30-24-20(25)11-18(12-21(24)26)13-27-22-10-16(2)7-8-17(22)3/h4-12,27H,13-14H2,1-3H3,(H,28,29). The number of hydrogen-bond acceptors (Lipinski definition) is 3. The molecule has 1 amide bonds. The first-order valence-corrected chi connectivity index (χ1v) is 10.4. The molecule has 0 saturated carbocycles. The molecule has 0 bridgehead atoms. The van der Waals surface area contributed by atoms with Crippen molar-refractivity contribution in [3.8, 4) is 5.75 Å². The number of ether oxygens (including phenoxy) is 1. The highest BCUT2D eigenvalue weighted by molar-refractivity contribution is 6.37. The molecule has 0 saturated heterocycles. The minimum absolute atomic E-state index is 0.187. The number of halogens is 2. The maximum atomic E-state index is 12.2. The van der Waals surface area contributed by atoms with E-state index in [-0.39, 0.29) is 12.5 Å². The Hall–Kier alpha value is -2.69. The van der Waals surface area contributed by atoms with Crippen LogP contribution in [-0.2, 0) is 11.3 Å². The summed E-state index contributed by atoms with van der Waals surface area (Å²) < 4.78 is 5.59. The summed E-state index contributed by atoms with van der Waals surface area (Å²) in [5.74, 6) is 0.0154. The van der Waals surface area contributed by atoms with E-state index in [1.165, 1.54) is 5.56 Å². The second-order valence-electron chi connectivity index (χ2n) is 7.27. The van der Waals surface area contributed by atoms with Gasteiger partial charge in [0.25, 0.3) is 5.91 Å². The Bertz CT molecular complexity index is 1040. The van der Waals surface area contributed by atoms with Gasteiger partial charge < -0.3 is 15.4 Å². The fourth-order valence-electron chi connectivity index (χ4n) is 3.03. The maximum Gasteiger partial charge on any atom is 0.262 e. The number of rotatable bonds is 7. The van der Waals surface area contributed by atoms with Crippen molar-refractivity contribution >= 4 is 40.5 Å². The summed E-state index contributed by atoms with van der Waals surface area (Å²) in [5, 5.41) is 6.92. The van der Waals surface area contributed by atoms with Gasteiger partial charge in [0.05, 0.1) is 10.0 Å². The molecule has 0 heterocycles. The first-order chi connectivity index (χ1) is 14.3. The van der Waals surface area contributed by atoms with Gasteiger partial charge in [-0.1, -0.05) is 47.5 Å². The predicted molar refractivity (Wildman–Crippen MR) is 125 cm³/mol. The summed E-state index contributed by atoms with van der Waals surface area (Å²) in [7, 11) is 0. The molecule has 0 aromatic heterocycles. The van der Waals surface area contributed by atoms with Crippen LogP contribution in [0.25, 0.3) is 0 Å². The summed E-state index contributed by atoms with van der Waals surface area (Å²) in [4.78, 5) is 12.2. The van der Waals surface area contributed by atoms with Gasteiger partial charge in [0, 0.05) is 17.9 Å². The lowest BCUT2D eigenvalue weighted by Gasteiger charge is -2.14. The summed E-state index contributed by atoms with van der Waals surface area (Å²) in [6.45, 7) is 6.45. The Morgan fingerprint density at radius 3 is 2.33 bits per heavy atom. The van der Waals surface area contributed by atoms with Gasteiger partial charge in [0.1, 0.15) is 0 Å². The molecule has 0 atom stereocenters. The van der Waals surface area contributed by atoms with E-state index >= 15 is 0 Å². The maximum absolute atomic E-state index is 12.2. The highest BCUT2D eigenvalue weighted by Gasteiger charge is 2.12. The highest BCUT2D eigenvalue weighted by atomic mass is 35.5. The third kappa shape index (κ3) is 5.91. The zero-order valence-corrected chi connectivity index (χ0v) is 18.7. The van der Waals surface area contributed by atoms with Crippen molar-refractivity contribution in [2.45, 2.75) is 27.3 Å². The van der Waals surface area contributed by atoms with Crippen molar-refractivity contribution in [3.63, 3.8) is 0 Å². The molecule has 0 fully saturated rings. The van der Waals surface area contributed by atoms with Crippen molar-refractivity contribution in [2.75, 3.05) is 17.2 Å². The molecule has 156 valence electrons. The Kier molecular flexibility index (Phi) is 7.24. The lowest BCUT2D eigenvalue weighted by Crippen LogP contribution is -2.20. The van der Waals surface area contributed by atoms with Gasteiger partial charge in [0.15, 0.2) is 12.4 Å². The zero-order chi connectivity index (χ0) is 21.7. The largest absolute Gasteiger partial charge is 0.481 e. The number of carbonyl (C=O) groups is 1. The van der Waals surface area contributed by atoms with Crippen LogP contribution < -0.4 is 15.4 Å². The minimum atomic E-state index is -0.284. The van der Waals surface area contributed by atoms with Crippen LogP contribution in [0.1, 0.15) is 22.3 Å². The van der Waals surface area contributed by atoms with Gasteiger partial charge >= 0.3 is 0 Å². The predicted octanol–water partition coefficient (Wildman–Crippen LogP) is 6.55. The number of anilines is 2. The molecule has 3 rings (SSSR count). The molecule has 2 N–H and O–H groups in total. The van der Waals surface area contributed by atoms with Crippen LogP contribution in [0.3, 0.4) is 0 Å². The molecule has 4 nitrogen and oxygen atoms in total. The Balaban J connectivity index is 1.61. The lowest BCUT2D eigenvalue weighted by atomic mass is 10.1. The SMILES string of the molecule is Cc1cccc(NC(=O)COc2c(Cl)cc(CNc3cc(C)ccc3C)cc2Cl)c1. The first kappa shape index (κ1) is 22.0. The van der Waals surface area contributed by atoms with Gasteiger partial charge in [0.2, 0.25) is 0 Å². The molecule has 0 spiro atoms. The highest BCUT2D eigenvalue weighted by Crippen LogP contribution is 2.34. The number of benzene rings is 3. The van der Waals surface area contributed by atoms with Crippen LogP contribution in [0.5, 0.6) is 5.75 Å².